The van der Waals surface area contributed by atoms with Crippen LogP contribution in [0, 0.1) is 6.92 Å². The quantitative estimate of drug-likeness (QED) is 0.666. The molecule has 0 atom stereocenters. The summed E-state index contributed by atoms with van der Waals surface area (Å²) in [5.41, 5.74) is 2.14. The van der Waals surface area contributed by atoms with Crippen LogP contribution in [-0.4, -0.2) is 40.6 Å². The predicted octanol–water partition coefficient (Wildman–Crippen LogP) is 1.99. The highest BCUT2D eigenvalue weighted by atomic mass is 16.5. The number of nitrogens with one attached hydrogen (secondary N) is 1. The van der Waals surface area contributed by atoms with Crippen LogP contribution in [-0.2, 0) is 11.3 Å². The number of aromatic nitrogens is 3. The van der Waals surface area contributed by atoms with Crippen molar-refractivity contribution in [1.82, 2.24) is 19.7 Å². The molecule has 130 valence electrons. The van der Waals surface area contributed by atoms with Gasteiger partial charge >= 0.3 is 0 Å². The average Bonchev–Trinajstić information content (AvgIpc) is 2.97. The second-order valence-electron chi connectivity index (χ2n) is 5.50. The van der Waals surface area contributed by atoms with Crippen LogP contribution in [0.25, 0.3) is 5.78 Å². The van der Waals surface area contributed by atoms with Crippen LogP contribution in [0.3, 0.4) is 0 Å². The van der Waals surface area contributed by atoms with Crippen LogP contribution >= 0.6 is 0 Å². The van der Waals surface area contributed by atoms with Gasteiger partial charge in [0.25, 0.3) is 5.91 Å². The Hall–Kier alpha value is -2.93. The maximum absolute atomic E-state index is 12.5. The van der Waals surface area contributed by atoms with Crippen molar-refractivity contribution in [2.24, 2.45) is 0 Å². The third kappa shape index (κ3) is 3.95. The predicted molar refractivity (Wildman–Crippen MR) is 92.7 cm³/mol. The number of methoxy groups -OCH3 is 1. The molecule has 1 N–H and O–H groups in total. The number of aryl methyl sites for hydroxylation is 1. The molecule has 1 amide bonds. The van der Waals surface area contributed by atoms with Crippen molar-refractivity contribution < 1.29 is 14.3 Å². The first-order valence-corrected chi connectivity index (χ1v) is 7.97. The first-order valence-electron chi connectivity index (χ1n) is 7.97. The van der Waals surface area contributed by atoms with Gasteiger partial charge in [0.2, 0.25) is 5.78 Å². The van der Waals surface area contributed by atoms with Crippen LogP contribution in [0.15, 0.2) is 42.7 Å². The number of imidazole rings is 1. The number of nitrogens with zero attached hydrogens (tertiary/aromatic N) is 3. The van der Waals surface area contributed by atoms with Gasteiger partial charge in [-0.3, -0.25) is 9.20 Å². The van der Waals surface area contributed by atoms with Crippen molar-refractivity contribution >= 4 is 11.7 Å². The SMILES string of the molecule is COCCOc1ccc(CNC(=O)c2c(C)nc3ncccn23)cc1. The largest absolute Gasteiger partial charge is 0.491 e. The Morgan fingerprint density at radius 3 is 2.80 bits per heavy atom. The van der Waals surface area contributed by atoms with E-state index in [1.807, 2.05) is 24.3 Å². The van der Waals surface area contributed by atoms with Crippen molar-refractivity contribution in [1.29, 1.82) is 0 Å². The zero-order valence-electron chi connectivity index (χ0n) is 14.2. The Morgan fingerprint density at radius 2 is 2.04 bits per heavy atom. The van der Waals surface area contributed by atoms with Gasteiger partial charge in [-0.1, -0.05) is 12.1 Å². The summed E-state index contributed by atoms with van der Waals surface area (Å²) in [6, 6.07) is 9.37. The van der Waals surface area contributed by atoms with Gasteiger partial charge in [0.1, 0.15) is 18.1 Å². The van der Waals surface area contributed by atoms with Gasteiger partial charge in [-0.25, -0.2) is 9.97 Å². The highest BCUT2D eigenvalue weighted by Crippen LogP contribution is 2.13. The first-order chi connectivity index (χ1) is 12.2. The number of rotatable bonds is 7. The van der Waals surface area contributed by atoms with Crippen molar-refractivity contribution in [2.45, 2.75) is 13.5 Å². The van der Waals surface area contributed by atoms with E-state index in [0.717, 1.165) is 11.3 Å². The Morgan fingerprint density at radius 1 is 1.24 bits per heavy atom. The van der Waals surface area contributed by atoms with Crippen LogP contribution in [0.4, 0.5) is 0 Å². The average molecular weight is 340 g/mol. The number of hydrogen-bond acceptors (Lipinski definition) is 5. The molecule has 0 aliphatic carbocycles. The topological polar surface area (TPSA) is 77.8 Å². The lowest BCUT2D eigenvalue weighted by Gasteiger charge is -2.08. The molecule has 1 aromatic carbocycles. The van der Waals surface area contributed by atoms with Crippen LogP contribution in [0.2, 0.25) is 0 Å². The van der Waals surface area contributed by atoms with Crippen LogP contribution in [0.5, 0.6) is 5.75 Å². The summed E-state index contributed by atoms with van der Waals surface area (Å²) in [4.78, 5) is 21.0. The first kappa shape index (κ1) is 16.9. The molecule has 25 heavy (non-hydrogen) atoms. The molecule has 3 rings (SSSR count). The molecular formula is C18H20N4O3. The summed E-state index contributed by atoms with van der Waals surface area (Å²) in [6.07, 6.45) is 3.43. The molecule has 2 aromatic heterocycles. The summed E-state index contributed by atoms with van der Waals surface area (Å²) in [6.45, 7) is 3.28. The van der Waals surface area contributed by atoms with Crippen LogP contribution in [0.1, 0.15) is 21.7 Å². The fourth-order valence-electron chi connectivity index (χ4n) is 2.48. The standard InChI is InChI=1S/C18H20N4O3/c1-13-16(22-9-3-8-19-18(22)21-13)17(23)20-12-14-4-6-15(7-5-14)25-11-10-24-2/h3-9H,10-12H2,1-2H3,(H,20,23). The molecular weight excluding hydrogens is 320 g/mol. The van der Waals surface area contributed by atoms with Gasteiger partial charge in [0.15, 0.2) is 0 Å². The zero-order valence-corrected chi connectivity index (χ0v) is 14.2. The van der Waals surface area contributed by atoms with Crippen LogP contribution < -0.4 is 10.1 Å². The van der Waals surface area contributed by atoms with Gasteiger partial charge < -0.3 is 14.8 Å². The minimum absolute atomic E-state index is 0.182. The van der Waals surface area contributed by atoms with E-state index in [2.05, 4.69) is 15.3 Å². The van der Waals surface area contributed by atoms with E-state index in [4.69, 9.17) is 9.47 Å². The highest BCUT2D eigenvalue weighted by Gasteiger charge is 2.16. The minimum atomic E-state index is -0.182. The molecule has 0 saturated carbocycles. The molecule has 7 nitrogen and oxygen atoms in total. The normalized spacial score (nSPS) is 10.8. The number of ether oxygens (including phenoxy) is 2. The lowest BCUT2D eigenvalue weighted by atomic mass is 10.2. The van der Waals surface area contributed by atoms with Gasteiger partial charge in [-0.05, 0) is 30.7 Å². The zero-order chi connectivity index (χ0) is 17.6. The van der Waals surface area contributed by atoms with E-state index in [0.29, 0.717) is 36.9 Å². The molecule has 0 aliphatic heterocycles. The van der Waals surface area contributed by atoms with Crippen molar-refractivity contribution in [3.63, 3.8) is 0 Å². The van der Waals surface area contributed by atoms with E-state index in [1.165, 1.54) is 0 Å². The smallest absolute Gasteiger partial charge is 0.270 e. The van der Waals surface area contributed by atoms with E-state index in [-0.39, 0.29) is 5.91 Å². The van der Waals surface area contributed by atoms with Gasteiger partial charge in [-0.2, -0.15) is 0 Å². The molecule has 0 unspecified atom stereocenters. The molecule has 0 spiro atoms. The minimum Gasteiger partial charge on any atom is -0.491 e. The maximum Gasteiger partial charge on any atom is 0.270 e. The number of benzene rings is 1. The molecule has 7 heteroatoms. The van der Waals surface area contributed by atoms with E-state index >= 15 is 0 Å². The molecule has 0 fully saturated rings. The van der Waals surface area contributed by atoms with Crippen molar-refractivity contribution in [2.75, 3.05) is 20.3 Å². The Labute approximate surface area is 145 Å². The van der Waals surface area contributed by atoms with E-state index < -0.39 is 0 Å². The van der Waals surface area contributed by atoms with E-state index in [1.54, 1.807) is 36.9 Å². The summed E-state index contributed by atoms with van der Waals surface area (Å²) >= 11 is 0. The number of hydrogen-bond donors (Lipinski definition) is 1. The monoisotopic (exact) mass is 340 g/mol. The van der Waals surface area contributed by atoms with Gasteiger partial charge in [0, 0.05) is 26.0 Å². The molecule has 0 saturated heterocycles. The molecule has 0 radical (unpaired) electrons. The second kappa shape index (κ2) is 7.76. The fourth-order valence-corrected chi connectivity index (χ4v) is 2.48. The summed E-state index contributed by atoms with van der Waals surface area (Å²) < 4.78 is 12.2. The lowest BCUT2D eigenvalue weighted by Crippen LogP contribution is -2.25. The highest BCUT2D eigenvalue weighted by molar-refractivity contribution is 5.94. The number of carbonyl (C=O) groups excluding carboxylic acids is 1. The number of carbonyl (C=O) groups is 1. The van der Waals surface area contributed by atoms with Crippen molar-refractivity contribution in [3.8, 4) is 5.75 Å². The van der Waals surface area contributed by atoms with Crippen molar-refractivity contribution in [3.05, 3.63) is 59.7 Å². The molecule has 2 heterocycles. The Kier molecular flexibility index (Phi) is 5.25. The lowest BCUT2D eigenvalue weighted by molar-refractivity contribution is 0.0944. The van der Waals surface area contributed by atoms with E-state index in [9.17, 15) is 4.79 Å². The second-order valence-corrected chi connectivity index (χ2v) is 5.50. The Bertz CT molecular complexity index is 858. The van der Waals surface area contributed by atoms with Gasteiger partial charge in [-0.15, -0.1) is 0 Å². The maximum atomic E-state index is 12.5. The third-order valence-corrected chi connectivity index (χ3v) is 3.73. The fraction of sp³-hybridized carbons (Fsp3) is 0.278. The third-order valence-electron chi connectivity index (χ3n) is 3.73. The summed E-state index contributed by atoms with van der Waals surface area (Å²) in [5.74, 6) is 1.11. The molecule has 0 bridgehead atoms. The molecule has 3 aromatic rings. The molecule has 0 aliphatic rings. The number of amides is 1. The number of fused-ring (bicyclic) bond motifs is 1. The summed E-state index contributed by atoms with van der Waals surface area (Å²) in [7, 11) is 1.64. The van der Waals surface area contributed by atoms with Gasteiger partial charge in [0.05, 0.1) is 12.3 Å². The Balaban J connectivity index is 1.63. The summed E-state index contributed by atoms with van der Waals surface area (Å²) in [5, 5.41) is 2.92.